The summed E-state index contributed by atoms with van der Waals surface area (Å²) < 4.78 is 1.12. The van der Waals surface area contributed by atoms with Gasteiger partial charge >= 0.3 is 5.69 Å². The van der Waals surface area contributed by atoms with E-state index < -0.39 is 11.2 Å². The molecule has 1 aliphatic rings. The molecule has 0 aliphatic heterocycles. The molecule has 1 fully saturated rings. The van der Waals surface area contributed by atoms with Crippen molar-refractivity contribution >= 4 is 5.91 Å². The molecule has 0 spiro atoms. The average Bonchev–Trinajstić information content (AvgIpc) is 2.20. The predicted molar refractivity (Wildman–Crippen MR) is 58.5 cm³/mol. The number of hydrogen-bond acceptors (Lipinski definition) is 4. The molecule has 17 heavy (non-hydrogen) atoms. The normalized spacial score (nSPS) is 22.9. The Morgan fingerprint density at radius 2 is 2.24 bits per heavy atom. The second-order valence-electron chi connectivity index (χ2n) is 4.13. The molecule has 1 aliphatic carbocycles. The number of aromatic amines is 1. The molecule has 1 aromatic heterocycles. The van der Waals surface area contributed by atoms with Crippen molar-refractivity contribution in [2.75, 3.05) is 0 Å². The molecule has 0 aromatic carbocycles. The number of rotatable bonds is 3. The van der Waals surface area contributed by atoms with Crippen LogP contribution in [0, 0.1) is 0 Å². The largest absolute Gasteiger partial charge is 0.393 e. The van der Waals surface area contributed by atoms with Gasteiger partial charge in [-0.05, 0) is 12.8 Å². The molecule has 0 bridgehead atoms. The smallest absolute Gasteiger partial charge is 0.328 e. The first-order valence-corrected chi connectivity index (χ1v) is 5.32. The number of nitrogens with one attached hydrogen (secondary N) is 2. The lowest BCUT2D eigenvalue weighted by molar-refractivity contribution is -0.123. The summed E-state index contributed by atoms with van der Waals surface area (Å²) in [6, 6.07) is 1.16. The van der Waals surface area contributed by atoms with Gasteiger partial charge in [-0.1, -0.05) is 0 Å². The van der Waals surface area contributed by atoms with E-state index in [0.29, 0.717) is 12.8 Å². The van der Waals surface area contributed by atoms with Crippen LogP contribution in [0.5, 0.6) is 0 Å². The molecule has 0 saturated heterocycles. The van der Waals surface area contributed by atoms with Gasteiger partial charge in [-0.15, -0.1) is 0 Å². The number of aromatic nitrogens is 2. The van der Waals surface area contributed by atoms with Crippen molar-refractivity contribution in [2.45, 2.75) is 31.5 Å². The van der Waals surface area contributed by atoms with Crippen LogP contribution in [-0.4, -0.2) is 32.7 Å². The molecule has 0 atom stereocenters. The molecule has 0 unspecified atom stereocenters. The lowest BCUT2D eigenvalue weighted by Crippen LogP contribution is -2.48. The highest BCUT2D eigenvalue weighted by atomic mass is 16.3. The Morgan fingerprint density at radius 3 is 2.82 bits per heavy atom. The van der Waals surface area contributed by atoms with E-state index in [0.717, 1.165) is 4.57 Å². The molecule has 1 aromatic rings. The van der Waals surface area contributed by atoms with E-state index >= 15 is 0 Å². The highest BCUT2D eigenvalue weighted by Gasteiger charge is 2.28. The summed E-state index contributed by atoms with van der Waals surface area (Å²) in [6.07, 6.45) is 2.03. The first-order valence-electron chi connectivity index (χ1n) is 5.32. The van der Waals surface area contributed by atoms with Crippen molar-refractivity contribution in [2.24, 2.45) is 0 Å². The molecule has 1 amide bonds. The van der Waals surface area contributed by atoms with Crippen molar-refractivity contribution in [3.05, 3.63) is 33.1 Å². The summed E-state index contributed by atoms with van der Waals surface area (Å²) in [4.78, 5) is 35.7. The number of carbonyl (C=O) groups excluding carboxylic acids is 1. The van der Waals surface area contributed by atoms with E-state index in [1.807, 2.05) is 0 Å². The van der Waals surface area contributed by atoms with E-state index in [9.17, 15) is 14.4 Å². The number of carbonyl (C=O) groups is 1. The zero-order chi connectivity index (χ0) is 12.4. The Kier molecular flexibility index (Phi) is 3.10. The van der Waals surface area contributed by atoms with Crippen LogP contribution in [-0.2, 0) is 11.3 Å². The second kappa shape index (κ2) is 4.54. The summed E-state index contributed by atoms with van der Waals surface area (Å²) in [7, 11) is 0. The minimum absolute atomic E-state index is 0.0176. The first kappa shape index (κ1) is 11.6. The predicted octanol–water partition coefficient (Wildman–Crippen LogP) is -1.82. The van der Waals surface area contributed by atoms with Gasteiger partial charge in [-0.25, -0.2) is 4.79 Å². The minimum Gasteiger partial charge on any atom is -0.393 e. The molecule has 7 nitrogen and oxygen atoms in total. The topological polar surface area (TPSA) is 104 Å². The van der Waals surface area contributed by atoms with E-state index in [1.165, 1.54) is 12.3 Å². The van der Waals surface area contributed by atoms with Gasteiger partial charge in [-0.3, -0.25) is 19.1 Å². The summed E-state index contributed by atoms with van der Waals surface area (Å²) >= 11 is 0. The monoisotopic (exact) mass is 239 g/mol. The third kappa shape index (κ3) is 2.82. The van der Waals surface area contributed by atoms with Gasteiger partial charge in [0.1, 0.15) is 6.54 Å². The average molecular weight is 239 g/mol. The number of H-pyrrole nitrogens is 1. The Bertz CT molecular complexity index is 527. The van der Waals surface area contributed by atoms with Crippen molar-refractivity contribution in [3.63, 3.8) is 0 Å². The fraction of sp³-hybridized carbons (Fsp3) is 0.500. The number of aliphatic hydroxyl groups excluding tert-OH is 1. The number of amides is 1. The van der Waals surface area contributed by atoms with Crippen molar-refractivity contribution in [3.8, 4) is 0 Å². The van der Waals surface area contributed by atoms with Gasteiger partial charge in [-0.2, -0.15) is 0 Å². The van der Waals surface area contributed by atoms with E-state index in [4.69, 9.17) is 5.11 Å². The standard InChI is InChI=1S/C10H13N3O4/c14-7-3-6(4-7)11-9(16)5-13-2-1-8(15)12-10(13)17/h1-2,6-7,14H,3-5H2,(H,11,16)(H,12,15,17). The Balaban J connectivity index is 1.94. The molecule has 1 saturated carbocycles. The molecule has 1 heterocycles. The van der Waals surface area contributed by atoms with Crippen LogP contribution in [0.2, 0.25) is 0 Å². The lowest BCUT2D eigenvalue weighted by Gasteiger charge is -2.31. The van der Waals surface area contributed by atoms with Gasteiger partial charge in [0, 0.05) is 18.3 Å². The van der Waals surface area contributed by atoms with E-state index in [2.05, 4.69) is 10.3 Å². The van der Waals surface area contributed by atoms with Crippen LogP contribution in [0.4, 0.5) is 0 Å². The summed E-state index contributed by atoms with van der Waals surface area (Å²) in [5.74, 6) is -0.309. The van der Waals surface area contributed by atoms with E-state index in [1.54, 1.807) is 0 Å². The highest BCUT2D eigenvalue weighted by Crippen LogP contribution is 2.18. The van der Waals surface area contributed by atoms with Gasteiger partial charge in [0.05, 0.1) is 6.10 Å². The highest BCUT2D eigenvalue weighted by molar-refractivity contribution is 5.76. The second-order valence-corrected chi connectivity index (χ2v) is 4.13. The third-order valence-corrected chi connectivity index (χ3v) is 2.69. The van der Waals surface area contributed by atoms with Crippen molar-refractivity contribution < 1.29 is 9.90 Å². The number of nitrogens with zero attached hydrogens (tertiary/aromatic N) is 1. The van der Waals surface area contributed by atoms with Crippen LogP contribution in [0.15, 0.2) is 21.9 Å². The zero-order valence-corrected chi connectivity index (χ0v) is 9.05. The van der Waals surface area contributed by atoms with Crippen LogP contribution in [0.1, 0.15) is 12.8 Å². The maximum Gasteiger partial charge on any atom is 0.328 e. The SMILES string of the molecule is O=C(Cn1ccc(=O)[nH]c1=O)NC1CC(O)C1. The van der Waals surface area contributed by atoms with Crippen molar-refractivity contribution in [1.82, 2.24) is 14.9 Å². The fourth-order valence-corrected chi connectivity index (χ4v) is 1.70. The summed E-state index contributed by atoms with van der Waals surface area (Å²) in [5.41, 5.74) is -1.10. The van der Waals surface area contributed by atoms with E-state index in [-0.39, 0.29) is 24.6 Å². The molecular weight excluding hydrogens is 226 g/mol. The molecule has 92 valence electrons. The van der Waals surface area contributed by atoms with Crippen LogP contribution >= 0.6 is 0 Å². The van der Waals surface area contributed by atoms with Crippen molar-refractivity contribution in [1.29, 1.82) is 0 Å². The maximum atomic E-state index is 11.5. The van der Waals surface area contributed by atoms with Gasteiger partial charge in [0.15, 0.2) is 0 Å². The first-order chi connectivity index (χ1) is 8.04. The van der Waals surface area contributed by atoms with Gasteiger partial charge in [0.25, 0.3) is 5.56 Å². The third-order valence-electron chi connectivity index (χ3n) is 2.69. The van der Waals surface area contributed by atoms with Crippen LogP contribution < -0.4 is 16.6 Å². The molecule has 3 N–H and O–H groups in total. The molecular formula is C10H13N3O4. The Hall–Kier alpha value is -1.89. The maximum absolute atomic E-state index is 11.5. The number of aliphatic hydroxyl groups is 1. The Labute approximate surface area is 96.1 Å². The number of hydrogen-bond donors (Lipinski definition) is 3. The summed E-state index contributed by atoms with van der Waals surface area (Å²) in [5, 5.41) is 11.7. The van der Waals surface area contributed by atoms with Gasteiger partial charge in [0.2, 0.25) is 5.91 Å². The zero-order valence-electron chi connectivity index (χ0n) is 9.05. The molecule has 2 rings (SSSR count). The molecule has 7 heteroatoms. The quantitative estimate of drug-likeness (QED) is 0.577. The summed E-state index contributed by atoms with van der Waals surface area (Å²) in [6.45, 7) is -0.137. The minimum atomic E-state index is -0.610. The lowest BCUT2D eigenvalue weighted by atomic mass is 9.89. The van der Waals surface area contributed by atoms with Crippen LogP contribution in [0.3, 0.4) is 0 Å². The van der Waals surface area contributed by atoms with Gasteiger partial charge < -0.3 is 10.4 Å². The molecule has 0 radical (unpaired) electrons. The fourth-order valence-electron chi connectivity index (χ4n) is 1.70. The Morgan fingerprint density at radius 1 is 1.53 bits per heavy atom. The van der Waals surface area contributed by atoms with Crippen LogP contribution in [0.25, 0.3) is 0 Å².